The van der Waals surface area contributed by atoms with E-state index >= 15 is 0 Å². The van der Waals surface area contributed by atoms with E-state index in [-0.39, 0.29) is 25.5 Å². The molecule has 0 saturated carbocycles. The minimum absolute atomic E-state index is 0. The predicted octanol–water partition coefficient (Wildman–Crippen LogP) is 15.9. The normalized spacial score (nSPS) is 11.9. The number of hydrogen-bond acceptors (Lipinski definition) is 5. The van der Waals surface area contributed by atoms with Gasteiger partial charge in [-0.2, -0.15) is 0 Å². The van der Waals surface area contributed by atoms with E-state index < -0.39 is 0 Å². The van der Waals surface area contributed by atoms with E-state index in [0.29, 0.717) is 11.3 Å². The van der Waals surface area contributed by atoms with E-state index in [9.17, 15) is 0 Å². The first-order valence-corrected chi connectivity index (χ1v) is 22.1. The summed E-state index contributed by atoms with van der Waals surface area (Å²) >= 11 is 1.74. The van der Waals surface area contributed by atoms with Gasteiger partial charge in [0.25, 0.3) is 0 Å². The molecule has 5 aromatic carbocycles. The molecule has 4 heterocycles. The number of nitrogens with zero attached hydrogens (tertiary/aromatic N) is 3. The van der Waals surface area contributed by atoms with Crippen LogP contribution in [0.5, 0.6) is 0 Å². The summed E-state index contributed by atoms with van der Waals surface area (Å²) in [4.78, 5) is 14.4. The average molecular weight is 1010 g/mol. The first-order valence-electron chi connectivity index (χ1n) is 21.3. The molecule has 0 amide bonds. The number of benzene rings is 5. The number of aryl methyl sites for hydroxylation is 3. The van der Waals surface area contributed by atoms with Crippen molar-refractivity contribution in [2.75, 3.05) is 0 Å². The van der Waals surface area contributed by atoms with Crippen LogP contribution in [0.25, 0.3) is 76.9 Å². The van der Waals surface area contributed by atoms with Gasteiger partial charge in [0.05, 0.1) is 15.3 Å². The third-order valence-corrected chi connectivity index (χ3v) is 12.6. The molecule has 0 atom stereocenters. The molecule has 0 aliphatic carbocycles. The van der Waals surface area contributed by atoms with Crippen LogP contribution >= 0.6 is 11.3 Å². The van der Waals surface area contributed by atoms with Crippen LogP contribution in [0.4, 0.5) is 0 Å². The Kier molecular flexibility index (Phi) is 12.9. The second-order valence-corrected chi connectivity index (χ2v) is 20.0. The van der Waals surface area contributed by atoms with Crippen molar-refractivity contribution in [3.05, 3.63) is 160 Å². The molecule has 62 heavy (non-hydrogen) atoms. The number of fused-ring (bicyclic) bond motifs is 5. The molecule has 0 bridgehead atoms. The van der Waals surface area contributed by atoms with E-state index in [1.54, 1.807) is 11.3 Å². The molecule has 4 nitrogen and oxygen atoms in total. The van der Waals surface area contributed by atoms with Gasteiger partial charge in [-0.1, -0.05) is 134 Å². The van der Waals surface area contributed by atoms with Crippen molar-refractivity contribution in [2.45, 2.75) is 93.9 Å². The van der Waals surface area contributed by atoms with E-state index in [0.717, 1.165) is 66.1 Å². The fraction of sp³-hybridized carbons (Fsp3) is 0.268. The number of thiazole rings is 1. The van der Waals surface area contributed by atoms with Gasteiger partial charge in [-0.3, -0.25) is 0 Å². The smallest absolute Gasteiger partial charge is 0.148 e. The van der Waals surface area contributed by atoms with Crippen LogP contribution in [0, 0.1) is 38.3 Å². The van der Waals surface area contributed by atoms with Crippen molar-refractivity contribution in [3.63, 3.8) is 0 Å². The monoisotopic (exact) mass is 1010 g/mol. The molecular formula is C56H55IrN3OS-2. The molecule has 0 fully saturated rings. The number of rotatable bonds is 6. The Morgan fingerprint density at radius 3 is 2.11 bits per heavy atom. The van der Waals surface area contributed by atoms with E-state index in [2.05, 4.69) is 184 Å². The maximum absolute atomic E-state index is 6.62. The third kappa shape index (κ3) is 9.39. The van der Waals surface area contributed by atoms with E-state index in [4.69, 9.17) is 14.4 Å². The maximum Gasteiger partial charge on any atom is 0.148 e. The molecule has 1 radical (unpaired) electrons. The molecule has 0 spiro atoms. The van der Waals surface area contributed by atoms with E-state index in [1.807, 2.05) is 24.5 Å². The zero-order valence-electron chi connectivity index (χ0n) is 37.7. The molecule has 0 aliphatic heterocycles. The van der Waals surface area contributed by atoms with Gasteiger partial charge in [0.2, 0.25) is 0 Å². The molecule has 317 valence electrons. The quantitative estimate of drug-likeness (QED) is 0.156. The second kappa shape index (κ2) is 17.8. The SMILES string of the molecule is Cc1c[c-]c(-c2cc(-c3ccc(CC(C)(C)C)cc3)ccn2)cc1.Cc1cccc(C)c1-c1cc(-c2[c-]ccc3c2oc2c3ccc3sc(C(C)(C)C)nc32)ncc1C(C)C.[Ir]. The molecule has 6 heteroatoms. The first kappa shape index (κ1) is 44.8. The van der Waals surface area contributed by atoms with Crippen LogP contribution in [-0.2, 0) is 31.9 Å². The van der Waals surface area contributed by atoms with Crippen LogP contribution in [-0.4, -0.2) is 15.0 Å². The zero-order chi connectivity index (χ0) is 43.2. The summed E-state index contributed by atoms with van der Waals surface area (Å²) in [5.41, 5.74) is 18.0. The summed E-state index contributed by atoms with van der Waals surface area (Å²) in [5.74, 6) is 0.358. The van der Waals surface area contributed by atoms with Crippen molar-refractivity contribution in [2.24, 2.45) is 5.41 Å². The van der Waals surface area contributed by atoms with Gasteiger partial charge in [-0.15, -0.1) is 64.9 Å². The van der Waals surface area contributed by atoms with Gasteiger partial charge in [0.15, 0.2) is 0 Å². The van der Waals surface area contributed by atoms with Gasteiger partial charge in [0, 0.05) is 43.3 Å². The number of furan rings is 1. The van der Waals surface area contributed by atoms with Gasteiger partial charge < -0.3 is 14.4 Å². The topological polar surface area (TPSA) is 51.8 Å². The largest absolute Gasteiger partial charge is 0.498 e. The Hall–Kier alpha value is -5.26. The summed E-state index contributed by atoms with van der Waals surface area (Å²) < 4.78 is 7.77. The molecule has 0 unspecified atom stereocenters. The molecule has 0 aliphatic rings. The molecule has 9 rings (SSSR count). The van der Waals surface area contributed by atoms with Crippen LogP contribution in [0.15, 0.2) is 120 Å². The van der Waals surface area contributed by atoms with Gasteiger partial charge in [-0.05, 0) is 99.6 Å². The minimum Gasteiger partial charge on any atom is -0.498 e. The van der Waals surface area contributed by atoms with E-state index in [1.165, 1.54) is 50.1 Å². The van der Waals surface area contributed by atoms with Crippen LogP contribution in [0.2, 0.25) is 0 Å². The third-order valence-electron chi connectivity index (χ3n) is 11.2. The molecule has 0 saturated heterocycles. The molecule has 9 aromatic rings. The fourth-order valence-electron chi connectivity index (χ4n) is 8.07. The fourth-order valence-corrected chi connectivity index (χ4v) is 9.09. The number of hydrogen-bond donors (Lipinski definition) is 0. The molecular weight excluding hydrogens is 955 g/mol. The summed E-state index contributed by atoms with van der Waals surface area (Å²) in [6.45, 7) is 24.3. The van der Waals surface area contributed by atoms with Crippen molar-refractivity contribution < 1.29 is 24.5 Å². The summed E-state index contributed by atoms with van der Waals surface area (Å²) in [6.07, 6.45) is 5.00. The van der Waals surface area contributed by atoms with Crippen molar-refractivity contribution in [1.29, 1.82) is 0 Å². The Morgan fingerprint density at radius 1 is 0.726 bits per heavy atom. The summed E-state index contributed by atoms with van der Waals surface area (Å²) in [5, 5.41) is 3.27. The average Bonchev–Trinajstić information content (AvgIpc) is 3.84. The Bertz CT molecular complexity index is 3000. The number of aromatic nitrogens is 3. The van der Waals surface area contributed by atoms with Crippen LogP contribution in [0.1, 0.15) is 94.1 Å². The van der Waals surface area contributed by atoms with Crippen molar-refractivity contribution in [3.8, 4) is 44.8 Å². The van der Waals surface area contributed by atoms with Gasteiger partial charge >= 0.3 is 0 Å². The Labute approximate surface area is 385 Å². The van der Waals surface area contributed by atoms with Crippen LogP contribution < -0.4 is 0 Å². The Morgan fingerprint density at radius 2 is 1.45 bits per heavy atom. The summed E-state index contributed by atoms with van der Waals surface area (Å²) in [6, 6.07) is 43.1. The second-order valence-electron chi connectivity index (χ2n) is 19.0. The predicted molar refractivity (Wildman–Crippen MR) is 259 cm³/mol. The zero-order valence-corrected chi connectivity index (χ0v) is 41.0. The molecule has 4 aromatic heterocycles. The maximum atomic E-state index is 6.62. The first-order chi connectivity index (χ1) is 29.0. The summed E-state index contributed by atoms with van der Waals surface area (Å²) in [7, 11) is 0. The molecule has 0 N–H and O–H groups in total. The Balaban J connectivity index is 0.000000201. The van der Waals surface area contributed by atoms with Crippen molar-refractivity contribution in [1.82, 2.24) is 15.0 Å². The standard InChI is InChI=1S/C33H31N2OS.C23H24N.Ir/c1-18(2)25-17-34-26(16-24(25)28-19(3)10-8-11-20(28)4)23-13-9-12-21-22-14-15-27-29(31(22)36-30(21)23)35-32(37-27)33(5,6)7;1-17-5-9-20(10-6-17)22-15-21(13-14-24-22)19-11-7-18(8-12-19)16-23(2,3)4;/h8-12,14-18H,1-7H3;5-9,11-15H,16H2,1-4H3;/q2*-1;. The van der Waals surface area contributed by atoms with Crippen LogP contribution in [0.3, 0.4) is 0 Å². The number of pyridine rings is 2. The van der Waals surface area contributed by atoms with Gasteiger partial charge in [0.1, 0.15) is 11.1 Å². The van der Waals surface area contributed by atoms with Crippen molar-refractivity contribution >= 4 is 43.5 Å². The van der Waals surface area contributed by atoms with Gasteiger partial charge in [-0.25, -0.2) is 4.98 Å². The minimum atomic E-state index is -0.00680.